The Kier molecular flexibility index (Phi) is 8.74. The van der Waals surface area contributed by atoms with Gasteiger partial charge in [0.1, 0.15) is 11.5 Å². The number of halogens is 1. The van der Waals surface area contributed by atoms with E-state index in [-0.39, 0.29) is 18.9 Å². The van der Waals surface area contributed by atoms with E-state index in [2.05, 4.69) is 26.2 Å². The fourth-order valence-corrected chi connectivity index (χ4v) is 4.35. The number of benzene rings is 3. The van der Waals surface area contributed by atoms with Gasteiger partial charge in [0.25, 0.3) is 5.91 Å². The number of aromatic nitrogens is 1. The topological polar surface area (TPSA) is 102 Å². The van der Waals surface area contributed by atoms with Crippen LogP contribution in [0.3, 0.4) is 0 Å². The van der Waals surface area contributed by atoms with Crippen LogP contribution in [0.25, 0.3) is 11.5 Å². The van der Waals surface area contributed by atoms with Crippen LogP contribution < -0.4 is 10.1 Å². The molecule has 7 nitrogen and oxygen atoms in total. The standard InChI is InChI=1S/C29H27BrN2O5/c1-19-26(32-29(37-19)21-7-3-2-4-8-21)15-16-36-23-13-11-20(12-14-27(33)34)22(17-23)18-31-28(35)24-9-5-6-10-25(24)30/h2-11,13,17H,12,14-16,18H2,1H3,(H,31,35)(H,33,34). The van der Waals surface area contributed by atoms with Crippen LogP contribution in [0, 0.1) is 6.92 Å². The van der Waals surface area contributed by atoms with Gasteiger partial charge in [-0.2, -0.15) is 0 Å². The fraction of sp³-hybridized carbons (Fsp3) is 0.207. The van der Waals surface area contributed by atoms with Crippen LogP contribution in [0.4, 0.5) is 0 Å². The molecule has 190 valence electrons. The molecule has 0 bridgehead atoms. The Labute approximate surface area is 223 Å². The molecule has 2 N–H and O–H groups in total. The number of carboxylic acid groups (broad SMARTS) is 1. The molecule has 1 aromatic heterocycles. The Morgan fingerprint density at radius 1 is 1.00 bits per heavy atom. The van der Waals surface area contributed by atoms with Crippen molar-refractivity contribution in [2.24, 2.45) is 0 Å². The quantitative estimate of drug-likeness (QED) is 0.233. The first-order chi connectivity index (χ1) is 17.9. The number of carbonyl (C=O) groups excluding carboxylic acids is 1. The molecular weight excluding hydrogens is 536 g/mol. The lowest BCUT2D eigenvalue weighted by atomic mass is 10.0. The number of carboxylic acids is 1. The van der Waals surface area contributed by atoms with Crippen LogP contribution in [0.2, 0.25) is 0 Å². The first kappa shape index (κ1) is 26.2. The molecule has 0 unspecified atom stereocenters. The highest BCUT2D eigenvalue weighted by molar-refractivity contribution is 9.10. The number of aliphatic carboxylic acids is 1. The molecule has 0 aliphatic rings. The third-order valence-electron chi connectivity index (χ3n) is 5.86. The predicted octanol–water partition coefficient (Wildman–Crippen LogP) is 5.98. The lowest BCUT2D eigenvalue weighted by Crippen LogP contribution is -2.24. The maximum atomic E-state index is 12.7. The lowest BCUT2D eigenvalue weighted by Gasteiger charge is -2.14. The maximum Gasteiger partial charge on any atom is 0.303 e. The highest BCUT2D eigenvalue weighted by Gasteiger charge is 2.14. The van der Waals surface area contributed by atoms with E-state index in [1.165, 1.54) is 0 Å². The van der Waals surface area contributed by atoms with E-state index < -0.39 is 5.97 Å². The molecule has 0 spiro atoms. The van der Waals surface area contributed by atoms with Gasteiger partial charge in [-0.3, -0.25) is 9.59 Å². The van der Waals surface area contributed by atoms with Crippen molar-refractivity contribution >= 4 is 27.8 Å². The normalized spacial score (nSPS) is 10.8. The Balaban J connectivity index is 1.42. The van der Waals surface area contributed by atoms with Gasteiger partial charge < -0.3 is 19.6 Å². The Hall–Kier alpha value is -3.91. The van der Waals surface area contributed by atoms with Gasteiger partial charge in [-0.15, -0.1) is 0 Å². The number of hydrogen-bond acceptors (Lipinski definition) is 5. The Morgan fingerprint density at radius 3 is 2.51 bits per heavy atom. The van der Waals surface area contributed by atoms with E-state index in [1.807, 2.05) is 61.5 Å². The van der Waals surface area contributed by atoms with Crippen molar-refractivity contribution in [1.82, 2.24) is 10.3 Å². The maximum absolute atomic E-state index is 12.7. The van der Waals surface area contributed by atoms with Crippen LogP contribution in [-0.2, 0) is 24.2 Å². The number of amides is 1. The van der Waals surface area contributed by atoms with E-state index in [4.69, 9.17) is 14.3 Å². The van der Waals surface area contributed by atoms with E-state index >= 15 is 0 Å². The summed E-state index contributed by atoms with van der Waals surface area (Å²) in [5, 5.41) is 12.1. The molecule has 37 heavy (non-hydrogen) atoms. The molecule has 4 rings (SSSR count). The third-order valence-corrected chi connectivity index (χ3v) is 6.56. The number of nitrogens with zero attached hydrogens (tertiary/aromatic N) is 1. The van der Waals surface area contributed by atoms with Gasteiger partial charge in [0.15, 0.2) is 0 Å². The molecule has 3 aromatic carbocycles. The average molecular weight is 563 g/mol. The summed E-state index contributed by atoms with van der Waals surface area (Å²) in [4.78, 5) is 28.4. The Bertz CT molecular complexity index is 1380. The molecule has 4 aromatic rings. The molecule has 0 fully saturated rings. The van der Waals surface area contributed by atoms with Crippen molar-refractivity contribution in [3.63, 3.8) is 0 Å². The summed E-state index contributed by atoms with van der Waals surface area (Å²) >= 11 is 3.40. The highest BCUT2D eigenvalue weighted by atomic mass is 79.9. The van der Waals surface area contributed by atoms with Crippen LogP contribution in [0.5, 0.6) is 5.75 Å². The van der Waals surface area contributed by atoms with Crippen molar-refractivity contribution in [3.05, 3.63) is 105 Å². The first-order valence-corrected chi connectivity index (χ1v) is 12.7. The summed E-state index contributed by atoms with van der Waals surface area (Å²) in [5.74, 6) is 0.870. The zero-order valence-electron chi connectivity index (χ0n) is 20.4. The smallest absolute Gasteiger partial charge is 0.303 e. The summed E-state index contributed by atoms with van der Waals surface area (Å²) in [6.45, 7) is 2.52. The van der Waals surface area contributed by atoms with Gasteiger partial charge in [-0.1, -0.05) is 36.4 Å². The van der Waals surface area contributed by atoms with E-state index in [9.17, 15) is 9.59 Å². The second-order valence-corrected chi connectivity index (χ2v) is 9.33. The number of hydrogen-bond donors (Lipinski definition) is 2. The molecule has 0 atom stereocenters. The summed E-state index contributed by atoms with van der Waals surface area (Å²) in [7, 11) is 0. The van der Waals surface area contributed by atoms with Crippen LogP contribution in [-0.4, -0.2) is 28.6 Å². The summed E-state index contributed by atoms with van der Waals surface area (Å²) in [6.07, 6.45) is 0.924. The van der Waals surface area contributed by atoms with Gasteiger partial charge in [0, 0.05) is 29.4 Å². The van der Waals surface area contributed by atoms with Crippen molar-refractivity contribution in [2.45, 2.75) is 32.7 Å². The van der Waals surface area contributed by atoms with Gasteiger partial charge >= 0.3 is 5.97 Å². The van der Waals surface area contributed by atoms with Crippen molar-refractivity contribution in [2.75, 3.05) is 6.61 Å². The minimum Gasteiger partial charge on any atom is -0.493 e. The van der Waals surface area contributed by atoms with Crippen molar-refractivity contribution < 1.29 is 23.8 Å². The molecule has 0 saturated carbocycles. The van der Waals surface area contributed by atoms with E-state index in [1.54, 1.807) is 18.2 Å². The second-order valence-electron chi connectivity index (χ2n) is 8.47. The summed E-state index contributed by atoms with van der Waals surface area (Å²) < 4.78 is 12.5. The molecule has 0 saturated heterocycles. The molecule has 1 heterocycles. The number of nitrogens with one attached hydrogen (secondary N) is 1. The second kappa shape index (κ2) is 12.4. The number of carbonyl (C=O) groups is 2. The first-order valence-electron chi connectivity index (χ1n) is 11.9. The van der Waals surface area contributed by atoms with Gasteiger partial charge in [-0.25, -0.2) is 4.98 Å². The summed E-state index contributed by atoms with van der Waals surface area (Å²) in [5.41, 5.74) is 3.94. The lowest BCUT2D eigenvalue weighted by molar-refractivity contribution is -0.136. The zero-order chi connectivity index (χ0) is 26.2. The van der Waals surface area contributed by atoms with Crippen molar-refractivity contribution in [1.29, 1.82) is 0 Å². The molecular formula is C29H27BrN2O5. The molecule has 0 aliphatic heterocycles. The third kappa shape index (κ3) is 7.07. The number of oxazole rings is 1. The molecule has 0 aliphatic carbocycles. The van der Waals surface area contributed by atoms with Gasteiger partial charge in [0.2, 0.25) is 5.89 Å². The van der Waals surface area contributed by atoms with Gasteiger partial charge in [0.05, 0.1) is 17.9 Å². The molecule has 8 heteroatoms. The Morgan fingerprint density at radius 2 is 1.76 bits per heavy atom. The number of aryl methyl sites for hydroxylation is 2. The van der Waals surface area contributed by atoms with Crippen LogP contribution >= 0.6 is 15.9 Å². The highest BCUT2D eigenvalue weighted by Crippen LogP contribution is 2.23. The minimum atomic E-state index is -0.874. The number of ether oxygens (including phenoxy) is 1. The average Bonchev–Trinajstić information content (AvgIpc) is 3.27. The van der Waals surface area contributed by atoms with Gasteiger partial charge in [-0.05, 0) is 76.8 Å². The largest absolute Gasteiger partial charge is 0.493 e. The zero-order valence-corrected chi connectivity index (χ0v) is 22.0. The minimum absolute atomic E-state index is 0.000562. The van der Waals surface area contributed by atoms with Crippen molar-refractivity contribution in [3.8, 4) is 17.2 Å². The van der Waals surface area contributed by atoms with E-state index in [0.717, 1.165) is 28.1 Å². The summed E-state index contributed by atoms with van der Waals surface area (Å²) in [6, 6.07) is 22.4. The SMILES string of the molecule is Cc1oc(-c2ccccc2)nc1CCOc1ccc(CCC(=O)O)c(CNC(=O)c2ccccc2Br)c1. The molecule has 1 amide bonds. The number of rotatable bonds is 11. The van der Waals surface area contributed by atoms with E-state index in [0.29, 0.717) is 41.1 Å². The van der Waals surface area contributed by atoms with Crippen LogP contribution in [0.15, 0.2) is 81.7 Å². The predicted molar refractivity (Wildman–Crippen MR) is 144 cm³/mol. The fourth-order valence-electron chi connectivity index (χ4n) is 3.89. The monoisotopic (exact) mass is 562 g/mol. The van der Waals surface area contributed by atoms with Crippen LogP contribution in [0.1, 0.15) is 39.4 Å². The molecule has 0 radical (unpaired) electrons.